The third kappa shape index (κ3) is 5.43. The van der Waals surface area contributed by atoms with Crippen LogP contribution >= 0.6 is 23.1 Å². The van der Waals surface area contributed by atoms with E-state index in [4.69, 9.17) is 0 Å². The molecule has 1 aromatic heterocycles. The number of para-hydroxylation sites is 1. The summed E-state index contributed by atoms with van der Waals surface area (Å²) < 4.78 is 14.0. The van der Waals surface area contributed by atoms with Crippen LogP contribution in [0, 0.1) is 5.82 Å². The van der Waals surface area contributed by atoms with Gasteiger partial charge in [-0.25, -0.2) is 4.39 Å². The largest absolute Gasteiger partial charge is 0.322 e. The number of benzene rings is 3. The van der Waals surface area contributed by atoms with E-state index in [-0.39, 0.29) is 17.5 Å². The Labute approximate surface area is 193 Å². The van der Waals surface area contributed by atoms with E-state index in [0.717, 1.165) is 10.5 Å². The molecular formula is C25H19FN2O2S2. The minimum atomic E-state index is -0.581. The first kappa shape index (κ1) is 21.8. The van der Waals surface area contributed by atoms with Crippen molar-refractivity contribution in [3.8, 4) is 0 Å². The van der Waals surface area contributed by atoms with Gasteiger partial charge in [-0.15, -0.1) is 23.1 Å². The molecule has 0 fully saturated rings. The lowest BCUT2D eigenvalue weighted by atomic mass is 10.1. The Balaban J connectivity index is 1.50. The highest BCUT2D eigenvalue weighted by atomic mass is 32.2. The molecule has 1 atom stereocenters. The van der Waals surface area contributed by atoms with Crippen LogP contribution < -0.4 is 10.6 Å². The first-order valence-electron chi connectivity index (χ1n) is 9.82. The summed E-state index contributed by atoms with van der Waals surface area (Å²) in [6.45, 7) is 0. The summed E-state index contributed by atoms with van der Waals surface area (Å²) in [5.74, 6) is -0.961. The highest BCUT2D eigenvalue weighted by Crippen LogP contribution is 2.37. The predicted molar refractivity (Wildman–Crippen MR) is 129 cm³/mol. The van der Waals surface area contributed by atoms with Gasteiger partial charge in [-0.1, -0.05) is 48.5 Å². The Bertz CT molecular complexity index is 1200. The first-order valence-corrected chi connectivity index (χ1v) is 11.6. The van der Waals surface area contributed by atoms with E-state index in [1.165, 1.54) is 35.2 Å². The number of anilines is 2. The van der Waals surface area contributed by atoms with Gasteiger partial charge in [0.05, 0.1) is 10.6 Å². The third-order valence-corrected chi connectivity index (χ3v) is 6.72. The summed E-state index contributed by atoms with van der Waals surface area (Å²) >= 11 is 2.73. The average Bonchev–Trinajstić information content (AvgIpc) is 3.36. The van der Waals surface area contributed by atoms with Gasteiger partial charge in [0.25, 0.3) is 5.91 Å². The molecule has 1 heterocycles. The van der Waals surface area contributed by atoms with Gasteiger partial charge in [0.15, 0.2) is 0 Å². The van der Waals surface area contributed by atoms with Crippen LogP contribution in [0.3, 0.4) is 0 Å². The fraction of sp³-hybridized carbons (Fsp3) is 0.0400. The highest BCUT2D eigenvalue weighted by molar-refractivity contribution is 8.00. The predicted octanol–water partition coefficient (Wildman–Crippen LogP) is 6.61. The van der Waals surface area contributed by atoms with Gasteiger partial charge in [0.1, 0.15) is 11.1 Å². The second-order valence-electron chi connectivity index (χ2n) is 6.83. The molecule has 1 unspecified atom stereocenters. The van der Waals surface area contributed by atoms with Crippen LogP contribution in [0.5, 0.6) is 0 Å². The number of amides is 2. The lowest BCUT2D eigenvalue weighted by molar-refractivity contribution is -0.115. The molecule has 3 aromatic carbocycles. The molecule has 32 heavy (non-hydrogen) atoms. The Kier molecular flexibility index (Phi) is 6.99. The Morgan fingerprint density at radius 2 is 1.53 bits per heavy atom. The van der Waals surface area contributed by atoms with Crippen LogP contribution in [-0.2, 0) is 4.79 Å². The van der Waals surface area contributed by atoms with Gasteiger partial charge in [0, 0.05) is 10.6 Å². The zero-order valence-corrected chi connectivity index (χ0v) is 18.5. The highest BCUT2D eigenvalue weighted by Gasteiger charge is 2.23. The van der Waals surface area contributed by atoms with Gasteiger partial charge >= 0.3 is 0 Å². The van der Waals surface area contributed by atoms with Crippen LogP contribution in [0.25, 0.3) is 0 Å². The summed E-state index contributed by atoms with van der Waals surface area (Å²) in [6.07, 6.45) is 0. The van der Waals surface area contributed by atoms with Crippen molar-refractivity contribution >= 4 is 46.3 Å². The van der Waals surface area contributed by atoms with Gasteiger partial charge in [-0.2, -0.15) is 0 Å². The maximum Gasteiger partial charge on any atom is 0.265 e. The molecule has 7 heteroatoms. The summed E-state index contributed by atoms with van der Waals surface area (Å²) in [5.41, 5.74) is 1.62. The number of thioether (sulfide) groups is 1. The number of carbonyl (C=O) groups is 2. The number of hydrogen-bond acceptors (Lipinski definition) is 4. The molecule has 0 aliphatic carbocycles. The van der Waals surface area contributed by atoms with Crippen molar-refractivity contribution in [1.82, 2.24) is 0 Å². The Hall–Kier alpha value is -3.42. The molecule has 4 nitrogen and oxygen atoms in total. The molecule has 4 rings (SSSR count). The lowest BCUT2D eigenvalue weighted by Crippen LogP contribution is -2.19. The monoisotopic (exact) mass is 462 g/mol. The van der Waals surface area contributed by atoms with Gasteiger partial charge in [-0.3, -0.25) is 9.59 Å². The third-order valence-electron chi connectivity index (χ3n) is 4.58. The van der Waals surface area contributed by atoms with Crippen molar-refractivity contribution in [3.05, 3.63) is 113 Å². The molecular weight excluding hydrogens is 443 g/mol. The Morgan fingerprint density at radius 3 is 2.22 bits per heavy atom. The zero-order valence-electron chi connectivity index (χ0n) is 16.8. The number of nitrogens with one attached hydrogen (secondary N) is 2. The van der Waals surface area contributed by atoms with Crippen molar-refractivity contribution in [2.24, 2.45) is 0 Å². The van der Waals surface area contributed by atoms with Gasteiger partial charge in [-0.05, 0) is 53.4 Å². The quantitative estimate of drug-likeness (QED) is 0.304. The molecule has 0 radical (unpaired) electrons. The van der Waals surface area contributed by atoms with Crippen molar-refractivity contribution in [2.75, 3.05) is 10.6 Å². The second-order valence-corrected chi connectivity index (χ2v) is 8.96. The summed E-state index contributed by atoms with van der Waals surface area (Å²) in [6, 6.07) is 26.3. The SMILES string of the molecule is O=C(Nc1ccc(SC(C(=O)Nc2ccccc2F)c2ccccc2)cc1)c1cccs1. The topological polar surface area (TPSA) is 58.2 Å². The second kappa shape index (κ2) is 10.3. The molecule has 4 aromatic rings. The number of halogens is 1. The molecule has 0 bridgehead atoms. The van der Waals surface area contributed by atoms with E-state index in [1.54, 1.807) is 30.3 Å². The minimum absolute atomic E-state index is 0.144. The maximum absolute atomic E-state index is 14.0. The van der Waals surface area contributed by atoms with Gasteiger partial charge in [0.2, 0.25) is 5.91 Å². The molecule has 0 aliphatic heterocycles. The normalized spacial score (nSPS) is 11.5. The Morgan fingerprint density at radius 1 is 0.812 bits per heavy atom. The lowest BCUT2D eigenvalue weighted by Gasteiger charge is -2.17. The van der Waals surface area contributed by atoms with E-state index >= 15 is 0 Å². The van der Waals surface area contributed by atoms with Crippen LogP contribution in [0.15, 0.2) is 101 Å². The molecule has 2 amide bonds. The number of carbonyl (C=O) groups excluding carboxylic acids is 2. The van der Waals surface area contributed by atoms with Crippen LogP contribution in [0.1, 0.15) is 20.5 Å². The van der Waals surface area contributed by atoms with E-state index < -0.39 is 11.1 Å². The van der Waals surface area contributed by atoms with Crippen molar-refractivity contribution in [2.45, 2.75) is 10.1 Å². The molecule has 0 spiro atoms. The molecule has 0 saturated heterocycles. The molecule has 2 N–H and O–H groups in total. The summed E-state index contributed by atoms with van der Waals surface area (Å²) in [5, 5.41) is 6.82. The molecule has 0 saturated carbocycles. The summed E-state index contributed by atoms with van der Waals surface area (Å²) in [4.78, 5) is 26.8. The minimum Gasteiger partial charge on any atom is -0.322 e. The van der Waals surface area contributed by atoms with E-state index in [0.29, 0.717) is 10.6 Å². The van der Waals surface area contributed by atoms with E-state index in [1.807, 2.05) is 53.9 Å². The standard InChI is InChI=1S/C25H19FN2O2S2/c26-20-9-4-5-10-21(20)28-25(30)23(17-7-2-1-3-8-17)32-19-14-12-18(13-15-19)27-24(29)22-11-6-16-31-22/h1-16,23H,(H,27,29)(H,28,30). The van der Waals surface area contributed by atoms with Crippen molar-refractivity contribution in [3.63, 3.8) is 0 Å². The fourth-order valence-electron chi connectivity index (χ4n) is 3.01. The van der Waals surface area contributed by atoms with Crippen LogP contribution in [0.4, 0.5) is 15.8 Å². The number of thiophene rings is 1. The van der Waals surface area contributed by atoms with Crippen molar-refractivity contribution < 1.29 is 14.0 Å². The smallest absolute Gasteiger partial charge is 0.265 e. The van der Waals surface area contributed by atoms with Crippen molar-refractivity contribution in [1.29, 1.82) is 0 Å². The van der Waals surface area contributed by atoms with E-state index in [2.05, 4.69) is 10.6 Å². The molecule has 160 valence electrons. The van der Waals surface area contributed by atoms with E-state index in [9.17, 15) is 14.0 Å². The first-order chi connectivity index (χ1) is 15.6. The van der Waals surface area contributed by atoms with Gasteiger partial charge < -0.3 is 10.6 Å². The average molecular weight is 463 g/mol. The number of hydrogen-bond donors (Lipinski definition) is 2. The fourth-order valence-corrected chi connectivity index (χ4v) is 4.66. The van der Waals surface area contributed by atoms with Crippen LogP contribution in [-0.4, -0.2) is 11.8 Å². The number of rotatable bonds is 7. The molecule has 0 aliphatic rings. The zero-order chi connectivity index (χ0) is 22.3. The summed E-state index contributed by atoms with van der Waals surface area (Å²) in [7, 11) is 0. The van der Waals surface area contributed by atoms with Crippen LogP contribution in [0.2, 0.25) is 0 Å². The maximum atomic E-state index is 14.0.